The van der Waals surface area contributed by atoms with Gasteiger partial charge in [0.05, 0.1) is 18.3 Å². The SMILES string of the molecule is CC(NC[C@H]1CCC(=O)N(C2CC2)[C@@H]1c1cnn(C)c1)c1ncc[nH]1. The molecule has 2 aromatic heterocycles. The fraction of sp³-hybridized carbons (Fsp3) is 0.611. The lowest BCUT2D eigenvalue weighted by Gasteiger charge is -2.41. The number of nitrogens with zero attached hydrogens (tertiary/aromatic N) is 4. The predicted molar refractivity (Wildman–Crippen MR) is 93.5 cm³/mol. The van der Waals surface area contributed by atoms with Crippen LogP contribution in [0, 0.1) is 5.92 Å². The van der Waals surface area contributed by atoms with E-state index in [1.165, 1.54) is 0 Å². The van der Waals surface area contributed by atoms with Crippen molar-refractivity contribution in [3.05, 3.63) is 36.2 Å². The Kier molecular flexibility index (Phi) is 4.33. The molecule has 0 bridgehead atoms. The van der Waals surface area contributed by atoms with Gasteiger partial charge in [-0.15, -0.1) is 0 Å². The fourth-order valence-electron chi connectivity index (χ4n) is 3.94. The van der Waals surface area contributed by atoms with Crippen LogP contribution in [0.4, 0.5) is 0 Å². The Morgan fingerprint density at radius 2 is 2.24 bits per heavy atom. The van der Waals surface area contributed by atoms with E-state index in [4.69, 9.17) is 0 Å². The molecule has 2 N–H and O–H groups in total. The smallest absolute Gasteiger partial charge is 0.223 e. The number of imidazole rings is 1. The van der Waals surface area contributed by atoms with Crippen LogP contribution in [0.3, 0.4) is 0 Å². The van der Waals surface area contributed by atoms with Crippen molar-refractivity contribution in [1.29, 1.82) is 0 Å². The van der Waals surface area contributed by atoms with Gasteiger partial charge in [0.15, 0.2) is 0 Å². The summed E-state index contributed by atoms with van der Waals surface area (Å²) in [5.41, 5.74) is 1.15. The van der Waals surface area contributed by atoms with Crippen LogP contribution in [0.1, 0.15) is 56.1 Å². The summed E-state index contributed by atoms with van der Waals surface area (Å²) in [5, 5.41) is 7.94. The summed E-state index contributed by atoms with van der Waals surface area (Å²) in [7, 11) is 1.93. The van der Waals surface area contributed by atoms with Gasteiger partial charge in [0.2, 0.25) is 5.91 Å². The molecule has 25 heavy (non-hydrogen) atoms. The first-order valence-electron chi connectivity index (χ1n) is 9.16. The Morgan fingerprint density at radius 1 is 1.40 bits per heavy atom. The van der Waals surface area contributed by atoms with Crippen LogP contribution in [0.5, 0.6) is 0 Å². The minimum absolute atomic E-state index is 0.124. The second-order valence-corrected chi connectivity index (χ2v) is 7.33. The molecule has 1 unspecified atom stereocenters. The van der Waals surface area contributed by atoms with Gasteiger partial charge in [-0.25, -0.2) is 4.98 Å². The van der Waals surface area contributed by atoms with Crippen LogP contribution in [0.25, 0.3) is 0 Å². The molecule has 2 aliphatic rings. The molecule has 2 fully saturated rings. The van der Waals surface area contributed by atoms with Crippen LogP contribution < -0.4 is 5.32 Å². The number of nitrogens with one attached hydrogen (secondary N) is 2. The molecule has 134 valence electrons. The fourth-order valence-corrected chi connectivity index (χ4v) is 3.94. The van der Waals surface area contributed by atoms with Gasteiger partial charge in [-0.2, -0.15) is 5.10 Å². The van der Waals surface area contributed by atoms with E-state index in [0.717, 1.165) is 37.2 Å². The van der Waals surface area contributed by atoms with Gasteiger partial charge in [-0.05, 0) is 32.1 Å². The van der Waals surface area contributed by atoms with Crippen molar-refractivity contribution in [3.63, 3.8) is 0 Å². The lowest BCUT2D eigenvalue weighted by molar-refractivity contribution is -0.139. The molecule has 3 heterocycles. The van der Waals surface area contributed by atoms with Gasteiger partial charge in [0, 0.05) is 50.2 Å². The number of hydrogen-bond donors (Lipinski definition) is 2. The number of carbonyl (C=O) groups is 1. The Labute approximate surface area is 147 Å². The number of aromatic amines is 1. The lowest BCUT2D eigenvalue weighted by atomic mass is 9.85. The van der Waals surface area contributed by atoms with Crippen LogP contribution in [0.2, 0.25) is 0 Å². The van der Waals surface area contributed by atoms with Gasteiger partial charge in [0.25, 0.3) is 0 Å². The highest BCUT2D eigenvalue weighted by atomic mass is 16.2. The summed E-state index contributed by atoms with van der Waals surface area (Å²) in [6, 6.07) is 0.707. The van der Waals surface area contributed by atoms with Crippen molar-refractivity contribution in [1.82, 2.24) is 30.0 Å². The van der Waals surface area contributed by atoms with Crippen LogP contribution in [-0.4, -0.2) is 43.1 Å². The van der Waals surface area contributed by atoms with Crippen molar-refractivity contribution < 1.29 is 4.79 Å². The number of likely N-dealkylation sites (tertiary alicyclic amines) is 1. The third kappa shape index (κ3) is 3.33. The summed E-state index contributed by atoms with van der Waals surface area (Å²) >= 11 is 0. The van der Waals surface area contributed by atoms with Gasteiger partial charge in [-0.3, -0.25) is 9.48 Å². The first kappa shape index (κ1) is 16.3. The number of H-pyrrole nitrogens is 1. The van der Waals surface area contributed by atoms with Gasteiger partial charge >= 0.3 is 0 Å². The number of hydrogen-bond acceptors (Lipinski definition) is 4. The number of amides is 1. The van der Waals surface area contributed by atoms with Gasteiger partial charge < -0.3 is 15.2 Å². The molecule has 3 atom stereocenters. The molecule has 1 amide bonds. The summed E-state index contributed by atoms with van der Waals surface area (Å²) in [5.74, 6) is 1.63. The highest BCUT2D eigenvalue weighted by Crippen LogP contribution is 2.43. The van der Waals surface area contributed by atoms with Crippen LogP contribution in [-0.2, 0) is 11.8 Å². The quantitative estimate of drug-likeness (QED) is 0.841. The van der Waals surface area contributed by atoms with Crippen molar-refractivity contribution in [3.8, 4) is 0 Å². The number of rotatable bonds is 6. The van der Waals surface area contributed by atoms with E-state index in [1.807, 2.05) is 24.1 Å². The molecule has 0 aromatic carbocycles. The third-order valence-corrected chi connectivity index (χ3v) is 5.39. The van der Waals surface area contributed by atoms with E-state index < -0.39 is 0 Å². The molecule has 4 rings (SSSR count). The number of aromatic nitrogens is 4. The summed E-state index contributed by atoms with van der Waals surface area (Å²) in [6.07, 6.45) is 11.4. The second kappa shape index (κ2) is 6.63. The Bertz CT molecular complexity index is 720. The Hall–Kier alpha value is -2.15. The molecule has 2 aromatic rings. The molecule has 1 saturated heterocycles. The molecule has 1 aliphatic carbocycles. The minimum atomic E-state index is 0.124. The maximum absolute atomic E-state index is 12.6. The maximum atomic E-state index is 12.6. The largest absolute Gasteiger partial charge is 0.347 e. The Morgan fingerprint density at radius 3 is 2.88 bits per heavy atom. The molecule has 0 spiro atoms. The van der Waals surface area contributed by atoms with E-state index in [1.54, 1.807) is 6.20 Å². The van der Waals surface area contributed by atoms with Gasteiger partial charge in [-0.1, -0.05) is 0 Å². The summed E-state index contributed by atoms with van der Waals surface area (Å²) in [6.45, 7) is 2.97. The number of carbonyl (C=O) groups excluding carboxylic acids is 1. The van der Waals surface area contributed by atoms with Crippen molar-refractivity contribution >= 4 is 5.91 Å². The standard InChI is InChI=1S/C18H26N6O/c1-12(18-19-7-8-20-18)21-9-13-3-6-16(25)24(15-4-5-15)17(13)14-10-22-23(2)11-14/h7-8,10-13,15,17,21H,3-6,9H2,1-2H3,(H,19,20)/t12?,13-,17+/m1/s1. The zero-order valence-corrected chi connectivity index (χ0v) is 14.9. The minimum Gasteiger partial charge on any atom is -0.347 e. The maximum Gasteiger partial charge on any atom is 0.223 e. The number of piperidine rings is 1. The normalized spacial score (nSPS) is 25.4. The zero-order valence-electron chi connectivity index (χ0n) is 14.9. The zero-order chi connectivity index (χ0) is 17.4. The average molecular weight is 342 g/mol. The third-order valence-electron chi connectivity index (χ3n) is 5.39. The first-order valence-corrected chi connectivity index (χ1v) is 9.16. The van der Waals surface area contributed by atoms with E-state index in [0.29, 0.717) is 24.3 Å². The van der Waals surface area contributed by atoms with Crippen LogP contribution >= 0.6 is 0 Å². The van der Waals surface area contributed by atoms with E-state index in [9.17, 15) is 4.79 Å². The first-order chi connectivity index (χ1) is 12.1. The molecule has 1 saturated carbocycles. The highest BCUT2D eigenvalue weighted by Gasteiger charge is 2.44. The molecule has 0 radical (unpaired) electrons. The molecular formula is C18H26N6O. The topological polar surface area (TPSA) is 78.8 Å². The monoisotopic (exact) mass is 342 g/mol. The average Bonchev–Trinajstić information content (AvgIpc) is 3.10. The highest BCUT2D eigenvalue weighted by molar-refractivity contribution is 5.78. The van der Waals surface area contributed by atoms with Crippen molar-refractivity contribution in [2.45, 2.75) is 50.7 Å². The van der Waals surface area contributed by atoms with E-state index in [-0.39, 0.29) is 12.1 Å². The van der Waals surface area contributed by atoms with Crippen LogP contribution in [0.15, 0.2) is 24.8 Å². The van der Waals surface area contributed by atoms with Gasteiger partial charge in [0.1, 0.15) is 5.82 Å². The molecular weight excluding hydrogens is 316 g/mol. The second-order valence-electron chi connectivity index (χ2n) is 7.33. The van der Waals surface area contributed by atoms with E-state index >= 15 is 0 Å². The van der Waals surface area contributed by atoms with Crippen molar-refractivity contribution in [2.24, 2.45) is 13.0 Å². The summed E-state index contributed by atoms with van der Waals surface area (Å²) < 4.78 is 1.83. The number of aryl methyl sites for hydroxylation is 1. The Balaban J connectivity index is 1.53. The van der Waals surface area contributed by atoms with Crippen molar-refractivity contribution in [2.75, 3.05) is 6.54 Å². The lowest BCUT2D eigenvalue weighted by Crippen LogP contribution is -2.47. The molecule has 7 heteroatoms. The summed E-state index contributed by atoms with van der Waals surface area (Å²) in [4.78, 5) is 22.2. The molecule has 7 nitrogen and oxygen atoms in total. The predicted octanol–water partition coefficient (Wildman–Crippen LogP) is 1.94. The van der Waals surface area contributed by atoms with E-state index in [2.05, 4.69) is 38.4 Å². The molecule has 1 aliphatic heterocycles.